The predicted octanol–water partition coefficient (Wildman–Crippen LogP) is 1.81. The molecule has 0 amide bonds. The third-order valence-corrected chi connectivity index (χ3v) is 4.58. The molecule has 2 N–H and O–H groups in total. The van der Waals surface area contributed by atoms with E-state index in [-0.39, 0.29) is 6.61 Å². The van der Waals surface area contributed by atoms with Crippen molar-refractivity contribution < 1.29 is 5.11 Å². The fourth-order valence-corrected chi connectivity index (χ4v) is 3.17. The molecule has 2 aliphatic heterocycles. The Morgan fingerprint density at radius 3 is 1.80 bits per heavy atom. The van der Waals surface area contributed by atoms with Gasteiger partial charge in [0, 0.05) is 50.8 Å². The molecule has 25 heavy (non-hydrogen) atoms. The van der Waals surface area contributed by atoms with Crippen molar-refractivity contribution in [2.75, 3.05) is 62.5 Å². The highest BCUT2D eigenvalue weighted by Gasteiger charge is 2.19. The summed E-state index contributed by atoms with van der Waals surface area (Å²) in [6, 6.07) is 21.2. The smallest absolute Gasteiger partial charge is 0.0904 e. The van der Waals surface area contributed by atoms with E-state index in [1.54, 1.807) is 0 Å². The maximum absolute atomic E-state index is 8.46. The number of aliphatic hydroxyl groups excluding tert-OH is 1. The second-order valence-corrected chi connectivity index (χ2v) is 6.34. The first-order chi connectivity index (χ1) is 12.4. The van der Waals surface area contributed by atoms with Gasteiger partial charge in [-0.3, -0.25) is 4.90 Å². The first-order valence-electron chi connectivity index (χ1n) is 9.01. The van der Waals surface area contributed by atoms with Crippen LogP contribution in [0.3, 0.4) is 0 Å². The van der Waals surface area contributed by atoms with E-state index in [1.807, 2.05) is 0 Å². The van der Waals surface area contributed by atoms with E-state index < -0.39 is 0 Å². The molecule has 2 heterocycles. The van der Waals surface area contributed by atoms with Gasteiger partial charge in [0.1, 0.15) is 0 Å². The summed E-state index contributed by atoms with van der Waals surface area (Å²) in [5, 5.41) is 11.6. The van der Waals surface area contributed by atoms with Crippen LogP contribution in [0.25, 0.3) is 0 Å². The number of β-amino-alcohol motifs (C(OH)–C–C–N with tert-alkyl or cyclic N) is 1. The van der Waals surface area contributed by atoms with Gasteiger partial charge in [0.25, 0.3) is 0 Å². The number of para-hydroxylation sites is 2. The number of nitrogens with zero attached hydrogens (tertiary/aromatic N) is 3. The van der Waals surface area contributed by atoms with Gasteiger partial charge in [-0.05, 0) is 24.3 Å². The molecule has 5 nitrogen and oxygen atoms in total. The van der Waals surface area contributed by atoms with Gasteiger partial charge in [0.05, 0.1) is 13.3 Å². The maximum Gasteiger partial charge on any atom is 0.0904 e. The standard InChI is InChI=1S/C15H16N2.C5H12N2O/c1-3-7-14(8-4-1)16-11-12-17(13-16)15-9-5-2-6-10-15;8-4-3-7-2-1-6-5-7/h1-10H,11-13H2;6,8H,1-5H2. The lowest BCUT2D eigenvalue weighted by Gasteiger charge is -2.21. The fraction of sp³-hybridized carbons (Fsp3) is 0.400. The van der Waals surface area contributed by atoms with Crippen LogP contribution in [0, 0.1) is 0 Å². The molecule has 134 valence electrons. The van der Waals surface area contributed by atoms with E-state index in [1.165, 1.54) is 11.4 Å². The molecule has 2 fully saturated rings. The van der Waals surface area contributed by atoms with Gasteiger partial charge in [0.2, 0.25) is 0 Å². The Morgan fingerprint density at radius 1 is 0.800 bits per heavy atom. The van der Waals surface area contributed by atoms with Crippen LogP contribution in [-0.2, 0) is 0 Å². The molecule has 2 aliphatic rings. The van der Waals surface area contributed by atoms with Crippen LogP contribution in [0.4, 0.5) is 11.4 Å². The van der Waals surface area contributed by atoms with E-state index in [0.29, 0.717) is 0 Å². The molecule has 0 unspecified atom stereocenters. The van der Waals surface area contributed by atoms with E-state index in [4.69, 9.17) is 5.11 Å². The number of rotatable bonds is 4. The average Bonchev–Trinajstić information content (AvgIpc) is 3.36. The van der Waals surface area contributed by atoms with Gasteiger partial charge in [0.15, 0.2) is 0 Å². The number of benzene rings is 2. The van der Waals surface area contributed by atoms with E-state index in [9.17, 15) is 0 Å². The third kappa shape index (κ3) is 5.19. The fourth-order valence-electron chi connectivity index (χ4n) is 3.17. The molecule has 2 aromatic rings. The average molecular weight is 340 g/mol. The zero-order valence-electron chi connectivity index (χ0n) is 14.7. The van der Waals surface area contributed by atoms with Crippen LogP contribution in [-0.4, -0.2) is 62.7 Å². The Hall–Kier alpha value is -2.08. The Kier molecular flexibility index (Phi) is 6.68. The quantitative estimate of drug-likeness (QED) is 0.889. The van der Waals surface area contributed by atoms with Crippen LogP contribution in [0.2, 0.25) is 0 Å². The molecule has 0 radical (unpaired) electrons. The molecule has 2 saturated heterocycles. The van der Waals surface area contributed by atoms with Crippen LogP contribution < -0.4 is 15.1 Å². The molecule has 0 spiro atoms. The monoisotopic (exact) mass is 340 g/mol. The molecule has 0 aromatic heterocycles. The first kappa shape index (κ1) is 17.7. The Balaban J connectivity index is 0.000000192. The SMILES string of the molecule is OCCN1CCNC1.c1ccc(N2CCN(c3ccccc3)C2)cc1. The lowest BCUT2D eigenvalue weighted by atomic mass is 10.3. The summed E-state index contributed by atoms with van der Waals surface area (Å²) >= 11 is 0. The van der Waals surface area contributed by atoms with Gasteiger partial charge in [-0.25, -0.2) is 0 Å². The third-order valence-electron chi connectivity index (χ3n) is 4.58. The van der Waals surface area contributed by atoms with Gasteiger partial charge >= 0.3 is 0 Å². The zero-order chi connectivity index (χ0) is 17.3. The summed E-state index contributed by atoms with van der Waals surface area (Å²) in [4.78, 5) is 7.00. The number of nitrogens with one attached hydrogen (secondary N) is 1. The van der Waals surface area contributed by atoms with E-state index in [2.05, 4.69) is 80.7 Å². The summed E-state index contributed by atoms with van der Waals surface area (Å²) in [5.74, 6) is 0. The van der Waals surface area contributed by atoms with Crippen LogP contribution in [0.5, 0.6) is 0 Å². The van der Waals surface area contributed by atoms with Crippen molar-refractivity contribution >= 4 is 11.4 Å². The molecule has 0 saturated carbocycles. The maximum atomic E-state index is 8.46. The second-order valence-electron chi connectivity index (χ2n) is 6.34. The second kappa shape index (κ2) is 9.42. The number of hydrogen-bond donors (Lipinski definition) is 2. The zero-order valence-corrected chi connectivity index (χ0v) is 14.7. The van der Waals surface area contributed by atoms with Crippen molar-refractivity contribution in [3.8, 4) is 0 Å². The summed E-state index contributed by atoms with van der Waals surface area (Å²) in [6.45, 7) is 7.36. The van der Waals surface area contributed by atoms with Crippen molar-refractivity contribution in [3.05, 3.63) is 60.7 Å². The minimum Gasteiger partial charge on any atom is -0.395 e. The number of anilines is 2. The summed E-state index contributed by atoms with van der Waals surface area (Å²) in [5.41, 5.74) is 2.62. The number of hydrogen-bond acceptors (Lipinski definition) is 5. The molecule has 0 aliphatic carbocycles. The first-order valence-corrected chi connectivity index (χ1v) is 9.01. The largest absolute Gasteiger partial charge is 0.395 e. The summed E-state index contributed by atoms with van der Waals surface area (Å²) in [7, 11) is 0. The normalized spacial score (nSPS) is 17.5. The minimum absolute atomic E-state index is 0.279. The van der Waals surface area contributed by atoms with Gasteiger partial charge in [-0.15, -0.1) is 0 Å². The summed E-state index contributed by atoms with van der Waals surface area (Å²) in [6.07, 6.45) is 0. The van der Waals surface area contributed by atoms with Crippen molar-refractivity contribution in [1.29, 1.82) is 0 Å². The van der Waals surface area contributed by atoms with Crippen molar-refractivity contribution in [2.24, 2.45) is 0 Å². The van der Waals surface area contributed by atoms with Gasteiger partial charge < -0.3 is 20.2 Å². The molecular formula is C20H28N4O. The van der Waals surface area contributed by atoms with Gasteiger partial charge in [-0.1, -0.05) is 36.4 Å². The van der Waals surface area contributed by atoms with Crippen molar-refractivity contribution in [3.63, 3.8) is 0 Å². The Labute approximate surface area is 150 Å². The topological polar surface area (TPSA) is 42.0 Å². The van der Waals surface area contributed by atoms with Crippen molar-refractivity contribution in [2.45, 2.75) is 0 Å². The Bertz CT molecular complexity index is 556. The van der Waals surface area contributed by atoms with E-state index >= 15 is 0 Å². The van der Waals surface area contributed by atoms with Crippen LogP contribution in [0.15, 0.2) is 60.7 Å². The molecule has 4 rings (SSSR count). The highest BCUT2D eigenvalue weighted by atomic mass is 16.3. The minimum atomic E-state index is 0.279. The highest BCUT2D eigenvalue weighted by Crippen LogP contribution is 2.22. The Morgan fingerprint density at radius 2 is 1.36 bits per heavy atom. The predicted molar refractivity (Wildman–Crippen MR) is 104 cm³/mol. The molecular weight excluding hydrogens is 312 g/mol. The molecule has 2 aromatic carbocycles. The highest BCUT2D eigenvalue weighted by molar-refractivity contribution is 5.54. The molecule has 0 atom stereocenters. The van der Waals surface area contributed by atoms with Crippen LogP contribution in [0.1, 0.15) is 0 Å². The number of aliphatic hydroxyl groups is 1. The van der Waals surface area contributed by atoms with Gasteiger partial charge in [-0.2, -0.15) is 0 Å². The lowest BCUT2D eigenvalue weighted by molar-refractivity contribution is 0.220. The van der Waals surface area contributed by atoms with Crippen LogP contribution >= 0.6 is 0 Å². The van der Waals surface area contributed by atoms with E-state index in [0.717, 1.165) is 46.1 Å². The van der Waals surface area contributed by atoms with Crippen molar-refractivity contribution in [1.82, 2.24) is 10.2 Å². The molecule has 0 bridgehead atoms. The molecule has 5 heteroatoms. The lowest BCUT2D eigenvalue weighted by Crippen LogP contribution is -2.25. The summed E-state index contributed by atoms with van der Waals surface area (Å²) < 4.78 is 0.